The number of carbonyl (C=O) groups is 1. The summed E-state index contributed by atoms with van der Waals surface area (Å²) >= 11 is 5.80. The van der Waals surface area contributed by atoms with E-state index in [0.29, 0.717) is 18.2 Å². The van der Waals surface area contributed by atoms with Crippen molar-refractivity contribution >= 4 is 17.5 Å². The molecule has 1 unspecified atom stereocenters. The summed E-state index contributed by atoms with van der Waals surface area (Å²) in [6, 6.07) is 2.07. The van der Waals surface area contributed by atoms with E-state index in [1.807, 2.05) is 16.5 Å². The molecule has 0 aliphatic carbocycles. The number of rotatable bonds is 5. The van der Waals surface area contributed by atoms with E-state index in [-0.39, 0.29) is 5.91 Å². The Balaban J connectivity index is 1.79. The van der Waals surface area contributed by atoms with Crippen molar-refractivity contribution in [2.24, 2.45) is 5.92 Å². The molecule has 18 heavy (non-hydrogen) atoms. The normalized spacial score (nSPS) is 19.8. The second-order valence-corrected chi connectivity index (χ2v) is 5.38. The minimum atomic E-state index is 0.244. The van der Waals surface area contributed by atoms with Gasteiger partial charge in [-0.25, -0.2) is 0 Å². The Hall–Kier alpha value is -1.03. The third kappa shape index (κ3) is 3.05. The Morgan fingerprint density at radius 1 is 1.44 bits per heavy atom. The first-order valence-corrected chi connectivity index (χ1v) is 6.98. The van der Waals surface area contributed by atoms with E-state index >= 15 is 0 Å². The highest BCUT2D eigenvalue weighted by atomic mass is 35.5. The molecule has 2 heterocycles. The summed E-state index contributed by atoms with van der Waals surface area (Å²) in [5.74, 6) is 1.17. The van der Waals surface area contributed by atoms with E-state index in [1.165, 1.54) is 5.69 Å². The molecule has 1 aliphatic rings. The van der Waals surface area contributed by atoms with Crippen molar-refractivity contribution in [3.63, 3.8) is 0 Å². The molecule has 0 radical (unpaired) electrons. The number of aromatic nitrogens is 2. The first-order chi connectivity index (χ1) is 8.60. The van der Waals surface area contributed by atoms with Crippen LogP contribution in [0.2, 0.25) is 0 Å². The zero-order valence-corrected chi connectivity index (χ0v) is 11.8. The Morgan fingerprint density at radius 3 is 2.78 bits per heavy atom. The molecule has 1 atom stereocenters. The number of likely N-dealkylation sites (tertiary alicyclic amines) is 1. The second kappa shape index (κ2) is 5.74. The highest BCUT2D eigenvalue weighted by Crippen LogP contribution is 2.19. The number of hydrogen-bond donors (Lipinski definition) is 0. The lowest BCUT2D eigenvalue weighted by Gasteiger charge is -2.16. The number of halogens is 1. The van der Waals surface area contributed by atoms with Crippen molar-refractivity contribution < 1.29 is 4.79 Å². The quantitative estimate of drug-likeness (QED) is 0.767. The van der Waals surface area contributed by atoms with Gasteiger partial charge < -0.3 is 4.90 Å². The molecular formula is C13H20ClN3O. The molecule has 1 aromatic heterocycles. The van der Waals surface area contributed by atoms with Gasteiger partial charge in [0.1, 0.15) is 0 Å². The van der Waals surface area contributed by atoms with Crippen molar-refractivity contribution in [1.82, 2.24) is 14.7 Å². The van der Waals surface area contributed by atoms with E-state index < -0.39 is 0 Å². The van der Waals surface area contributed by atoms with Crippen molar-refractivity contribution in [3.8, 4) is 0 Å². The molecule has 1 saturated heterocycles. The molecule has 5 heteroatoms. The monoisotopic (exact) mass is 269 g/mol. The third-order valence-electron chi connectivity index (χ3n) is 3.41. The van der Waals surface area contributed by atoms with Gasteiger partial charge >= 0.3 is 0 Å². The zero-order chi connectivity index (χ0) is 13.1. The molecule has 0 N–H and O–H groups in total. The fourth-order valence-electron chi connectivity index (χ4n) is 2.49. The van der Waals surface area contributed by atoms with Crippen LogP contribution >= 0.6 is 11.6 Å². The van der Waals surface area contributed by atoms with Gasteiger partial charge in [0.25, 0.3) is 0 Å². The minimum Gasteiger partial charge on any atom is -0.342 e. The number of carbonyl (C=O) groups excluding carboxylic acids is 1. The van der Waals surface area contributed by atoms with E-state index in [1.54, 1.807) is 0 Å². The molecule has 1 fully saturated rings. The van der Waals surface area contributed by atoms with Gasteiger partial charge in [0.15, 0.2) is 0 Å². The minimum absolute atomic E-state index is 0.244. The summed E-state index contributed by atoms with van der Waals surface area (Å²) in [6.07, 6.45) is 1.56. The molecule has 1 aromatic rings. The van der Waals surface area contributed by atoms with Gasteiger partial charge in [-0.1, -0.05) is 0 Å². The average molecular weight is 270 g/mol. The summed E-state index contributed by atoms with van der Waals surface area (Å²) in [5, 5.41) is 4.42. The number of amides is 1. The maximum Gasteiger partial charge on any atom is 0.222 e. The summed E-state index contributed by atoms with van der Waals surface area (Å²) in [7, 11) is 0. The van der Waals surface area contributed by atoms with Crippen molar-refractivity contribution in [3.05, 3.63) is 17.5 Å². The highest BCUT2D eigenvalue weighted by Gasteiger charge is 2.28. The molecule has 1 amide bonds. The van der Waals surface area contributed by atoms with Crippen LogP contribution < -0.4 is 0 Å². The van der Waals surface area contributed by atoms with Crippen LogP contribution in [-0.2, 0) is 11.3 Å². The van der Waals surface area contributed by atoms with Crippen LogP contribution in [-0.4, -0.2) is 39.6 Å². The molecule has 4 nitrogen and oxygen atoms in total. The van der Waals surface area contributed by atoms with Crippen LogP contribution in [0.5, 0.6) is 0 Å². The number of nitrogens with zero attached hydrogens (tertiary/aromatic N) is 3. The van der Waals surface area contributed by atoms with E-state index in [4.69, 9.17) is 11.6 Å². The largest absolute Gasteiger partial charge is 0.342 e. The lowest BCUT2D eigenvalue weighted by atomic mass is 10.1. The number of hydrogen-bond acceptors (Lipinski definition) is 2. The van der Waals surface area contributed by atoms with Gasteiger partial charge in [0.2, 0.25) is 5.91 Å². The molecular weight excluding hydrogens is 250 g/mol. The van der Waals surface area contributed by atoms with Crippen molar-refractivity contribution in [1.29, 1.82) is 0 Å². The van der Waals surface area contributed by atoms with Crippen LogP contribution in [0.3, 0.4) is 0 Å². The van der Waals surface area contributed by atoms with E-state index in [2.05, 4.69) is 18.1 Å². The van der Waals surface area contributed by atoms with Crippen molar-refractivity contribution in [2.75, 3.05) is 19.0 Å². The SMILES string of the molecule is Cc1cc(C)n(CCCN2CC(CCl)CC2=O)n1. The summed E-state index contributed by atoms with van der Waals surface area (Å²) in [6.45, 7) is 6.56. The van der Waals surface area contributed by atoms with Gasteiger partial charge in [0, 0.05) is 37.6 Å². The fourth-order valence-corrected chi connectivity index (χ4v) is 2.69. The molecule has 1 aliphatic heterocycles. The molecule has 0 bridgehead atoms. The van der Waals surface area contributed by atoms with Gasteiger partial charge in [-0.2, -0.15) is 5.10 Å². The van der Waals surface area contributed by atoms with Gasteiger partial charge in [0.05, 0.1) is 5.69 Å². The Morgan fingerprint density at radius 2 is 2.22 bits per heavy atom. The first-order valence-electron chi connectivity index (χ1n) is 6.45. The summed E-state index contributed by atoms with van der Waals surface area (Å²) in [5.41, 5.74) is 2.23. The molecule has 0 aromatic carbocycles. The molecule has 2 rings (SSSR count). The van der Waals surface area contributed by atoms with E-state index in [9.17, 15) is 4.79 Å². The van der Waals surface area contributed by atoms with Gasteiger partial charge in [-0.3, -0.25) is 9.48 Å². The Labute approximate surface area is 113 Å². The highest BCUT2D eigenvalue weighted by molar-refractivity contribution is 6.18. The first kappa shape index (κ1) is 13.4. The zero-order valence-electron chi connectivity index (χ0n) is 11.0. The predicted octanol–water partition coefficient (Wildman–Crippen LogP) is 1.98. The molecule has 0 saturated carbocycles. The van der Waals surface area contributed by atoms with Gasteiger partial charge in [-0.05, 0) is 32.3 Å². The van der Waals surface area contributed by atoms with Gasteiger partial charge in [-0.15, -0.1) is 11.6 Å². The van der Waals surface area contributed by atoms with Crippen molar-refractivity contribution in [2.45, 2.75) is 33.2 Å². The molecule has 0 spiro atoms. The van der Waals surface area contributed by atoms with E-state index in [0.717, 1.165) is 31.7 Å². The number of alkyl halides is 1. The smallest absolute Gasteiger partial charge is 0.222 e. The summed E-state index contributed by atoms with van der Waals surface area (Å²) in [4.78, 5) is 13.6. The van der Waals surface area contributed by atoms with Crippen LogP contribution in [0.25, 0.3) is 0 Å². The lowest BCUT2D eigenvalue weighted by molar-refractivity contribution is -0.127. The average Bonchev–Trinajstić information content (AvgIpc) is 2.83. The van der Waals surface area contributed by atoms with Crippen LogP contribution in [0, 0.1) is 19.8 Å². The maximum absolute atomic E-state index is 11.7. The third-order valence-corrected chi connectivity index (χ3v) is 3.85. The standard InChI is InChI=1S/C13H20ClN3O/c1-10-6-11(2)17(15-10)5-3-4-16-9-12(8-14)7-13(16)18/h6,12H,3-5,7-9H2,1-2H3. The van der Waals surface area contributed by atoms with Crippen LogP contribution in [0.1, 0.15) is 24.2 Å². The lowest BCUT2D eigenvalue weighted by Crippen LogP contribution is -2.27. The topological polar surface area (TPSA) is 38.1 Å². The summed E-state index contributed by atoms with van der Waals surface area (Å²) < 4.78 is 2.01. The second-order valence-electron chi connectivity index (χ2n) is 5.07. The van der Waals surface area contributed by atoms with Crippen LogP contribution in [0.4, 0.5) is 0 Å². The Bertz CT molecular complexity index is 430. The van der Waals surface area contributed by atoms with Crippen LogP contribution in [0.15, 0.2) is 6.07 Å². The fraction of sp³-hybridized carbons (Fsp3) is 0.692. The molecule has 100 valence electrons. The number of aryl methyl sites for hydroxylation is 3. The Kier molecular flexibility index (Phi) is 4.27. The maximum atomic E-state index is 11.7. The predicted molar refractivity (Wildman–Crippen MR) is 71.7 cm³/mol.